The molecule has 0 aliphatic carbocycles. The van der Waals surface area contributed by atoms with E-state index >= 15 is 0 Å². The van der Waals surface area contributed by atoms with Gasteiger partial charge in [0, 0.05) is 24.7 Å². The Hall–Kier alpha value is -2.30. The Balaban J connectivity index is 2.06. The number of para-hydroxylation sites is 1. The summed E-state index contributed by atoms with van der Waals surface area (Å²) in [4.78, 5) is 24.9. The zero-order chi connectivity index (χ0) is 15.5. The Morgan fingerprint density at radius 2 is 2.10 bits per heavy atom. The van der Waals surface area contributed by atoms with Crippen LogP contribution < -0.4 is 4.74 Å². The molecule has 1 aromatic carbocycles. The van der Waals surface area contributed by atoms with Crippen molar-refractivity contribution in [2.75, 3.05) is 20.2 Å². The number of carboxylic acid groups (broad SMARTS) is 1. The van der Waals surface area contributed by atoms with E-state index in [0.717, 1.165) is 5.56 Å². The van der Waals surface area contributed by atoms with Gasteiger partial charge in [0.2, 0.25) is 5.91 Å². The first kappa shape index (κ1) is 15.1. The van der Waals surface area contributed by atoms with Crippen LogP contribution in [0.2, 0.25) is 0 Å². The number of amides is 1. The molecular weight excluding hydrogens is 270 g/mol. The minimum absolute atomic E-state index is 0.175. The normalized spacial score (nSPS) is 21.7. The number of ether oxygens (including phenoxy) is 1. The number of aliphatic carboxylic acids is 1. The van der Waals surface area contributed by atoms with Gasteiger partial charge in [-0.25, -0.2) is 0 Å². The zero-order valence-corrected chi connectivity index (χ0v) is 12.2. The van der Waals surface area contributed by atoms with Crippen molar-refractivity contribution >= 4 is 18.0 Å². The fourth-order valence-corrected chi connectivity index (χ4v) is 2.39. The van der Waals surface area contributed by atoms with Gasteiger partial charge in [-0.15, -0.1) is 0 Å². The monoisotopic (exact) mass is 289 g/mol. The van der Waals surface area contributed by atoms with Crippen LogP contribution in [0.5, 0.6) is 5.75 Å². The highest BCUT2D eigenvalue weighted by molar-refractivity contribution is 5.93. The molecule has 21 heavy (non-hydrogen) atoms. The average molecular weight is 289 g/mol. The second-order valence-electron chi connectivity index (χ2n) is 5.45. The number of nitrogens with zero attached hydrogens (tertiary/aromatic N) is 1. The third kappa shape index (κ3) is 3.24. The zero-order valence-electron chi connectivity index (χ0n) is 12.2. The molecule has 1 fully saturated rings. The molecule has 1 saturated heterocycles. The van der Waals surface area contributed by atoms with Crippen LogP contribution in [0.3, 0.4) is 0 Å². The van der Waals surface area contributed by atoms with Gasteiger partial charge in [0.15, 0.2) is 0 Å². The fraction of sp³-hybridized carbons (Fsp3) is 0.375. The predicted octanol–water partition coefficient (Wildman–Crippen LogP) is 2.03. The van der Waals surface area contributed by atoms with Crippen molar-refractivity contribution in [3.63, 3.8) is 0 Å². The predicted molar refractivity (Wildman–Crippen MR) is 79.0 cm³/mol. The number of carbonyl (C=O) groups excluding carboxylic acids is 1. The van der Waals surface area contributed by atoms with Gasteiger partial charge in [-0.3, -0.25) is 9.59 Å². The lowest BCUT2D eigenvalue weighted by Crippen LogP contribution is -2.34. The van der Waals surface area contributed by atoms with Crippen LogP contribution in [0, 0.1) is 5.41 Å². The molecule has 1 N–H and O–H groups in total. The van der Waals surface area contributed by atoms with E-state index in [0.29, 0.717) is 18.7 Å². The second-order valence-corrected chi connectivity index (χ2v) is 5.45. The molecule has 1 heterocycles. The van der Waals surface area contributed by atoms with Crippen LogP contribution in [-0.4, -0.2) is 42.1 Å². The van der Waals surface area contributed by atoms with Gasteiger partial charge in [-0.05, 0) is 25.5 Å². The van der Waals surface area contributed by atoms with Gasteiger partial charge < -0.3 is 14.7 Å². The smallest absolute Gasteiger partial charge is 0.311 e. The van der Waals surface area contributed by atoms with Gasteiger partial charge in [-0.2, -0.15) is 0 Å². The molecule has 112 valence electrons. The van der Waals surface area contributed by atoms with Crippen LogP contribution in [0.25, 0.3) is 6.08 Å². The van der Waals surface area contributed by atoms with E-state index < -0.39 is 11.4 Å². The maximum Gasteiger partial charge on any atom is 0.311 e. The maximum atomic E-state index is 12.1. The standard InChI is InChI=1S/C16H19NO4/c1-16(15(19)20)9-10-17(11-16)14(18)8-7-12-5-3-4-6-13(12)21-2/h3-8H,9-11H2,1-2H3,(H,19,20)/b8-7+/t16-/m0/s1. The summed E-state index contributed by atoms with van der Waals surface area (Å²) in [6.07, 6.45) is 3.64. The van der Waals surface area contributed by atoms with Crippen molar-refractivity contribution in [2.24, 2.45) is 5.41 Å². The van der Waals surface area contributed by atoms with Gasteiger partial charge in [-0.1, -0.05) is 18.2 Å². The molecule has 0 saturated carbocycles. The third-order valence-corrected chi connectivity index (χ3v) is 3.85. The molecule has 1 amide bonds. The van der Waals surface area contributed by atoms with Gasteiger partial charge in [0.1, 0.15) is 5.75 Å². The van der Waals surface area contributed by atoms with Crippen LogP contribution in [0.15, 0.2) is 30.3 Å². The van der Waals surface area contributed by atoms with Crippen LogP contribution in [0.4, 0.5) is 0 Å². The topological polar surface area (TPSA) is 66.8 Å². The maximum absolute atomic E-state index is 12.1. The van der Waals surface area contributed by atoms with Crippen molar-refractivity contribution in [3.05, 3.63) is 35.9 Å². The summed E-state index contributed by atoms with van der Waals surface area (Å²) >= 11 is 0. The lowest BCUT2D eigenvalue weighted by atomic mass is 9.90. The molecule has 1 aliphatic rings. The summed E-state index contributed by atoms with van der Waals surface area (Å²) in [5, 5.41) is 9.18. The Morgan fingerprint density at radius 3 is 2.71 bits per heavy atom. The lowest BCUT2D eigenvalue weighted by Gasteiger charge is -2.19. The molecule has 0 spiro atoms. The highest BCUT2D eigenvalue weighted by atomic mass is 16.5. The Labute approximate surface area is 123 Å². The largest absolute Gasteiger partial charge is 0.496 e. The molecule has 0 aromatic heterocycles. The van der Waals surface area contributed by atoms with Crippen molar-refractivity contribution in [1.29, 1.82) is 0 Å². The SMILES string of the molecule is COc1ccccc1/C=C/C(=O)N1CC[C@](C)(C(=O)O)C1. The molecule has 0 unspecified atom stereocenters. The molecule has 0 bridgehead atoms. The van der Waals surface area contributed by atoms with Crippen molar-refractivity contribution < 1.29 is 19.4 Å². The molecule has 0 radical (unpaired) electrons. The lowest BCUT2D eigenvalue weighted by molar-refractivity contribution is -0.147. The number of likely N-dealkylation sites (tertiary alicyclic amines) is 1. The molecule has 1 aromatic rings. The minimum atomic E-state index is -0.855. The van der Waals surface area contributed by atoms with Gasteiger partial charge in [0.25, 0.3) is 0 Å². The van der Waals surface area contributed by atoms with E-state index in [1.165, 1.54) is 6.08 Å². The minimum Gasteiger partial charge on any atom is -0.496 e. The molecule has 5 nitrogen and oxygen atoms in total. The highest BCUT2D eigenvalue weighted by Gasteiger charge is 2.41. The first-order valence-corrected chi connectivity index (χ1v) is 6.80. The summed E-state index contributed by atoms with van der Waals surface area (Å²) in [7, 11) is 1.58. The van der Waals surface area contributed by atoms with Crippen molar-refractivity contribution in [2.45, 2.75) is 13.3 Å². The van der Waals surface area contributed by atoms with E-state index in [-0.39, 0.29) is 12.5 Å². The summed E-state index contributed by atoms with van der Waals surface area (Å²) in [6, 6.07) is 7.40. The number of carboxylic acids is 1. The first-order valence-electron chi connectivity index (χ1n) is 6.80. The quantitative estimate of drug-likeness (QED) is 0.861. The van der Waals surface area contributed by atoms with E-state index in [2.05, 4.69) is 0 Å². The van der Waals surface area contributed by atoms with E-state index in [4.69, 9.17) is 4.74 Å². The first-order chi connectivity index (χ1) is 9.96. The van der Waals surface area contributed by atoms with Crippen LogP contribution in [0.1, 0.15) is 18.9 Å². The van der Waals surface area contributed by atoms with E-state index in [1.807, 2.05) is 24.3 Å². The summed E-state index contributed by atoms with van der Waals surface area (Å²) in [5.74, 6) is -0.337. The molecule has 1 aliphatic heterocycles. The summed E-state index contributed by atoms with van der Waals surface area (Å²) in [6.45, 7) is 2.39. The number of rotatable bonds is 4. The number of hydrogen-bond acceptors (Lipinski definition) is 3. The number of carbonyl (C=O) groups is 2. The Bertz CT molecular complexity index is 581. The van der Waals surface area contributed by atoms with Crippen LogP contribution in [-0.2, 0) is 9.59 Å². The Kier molecular flexibility index (Phi) is 4.31. The molecule has 2 rings (SSSR count). The molecule has 5 heteroatoms. The van der Waals surface area contributed by atoms with E-state index in [1.54, 1.807) is 25.0 Å². The summed E-state index contributed by atoms with van der Waals surface area (Å²) in [5.41, 5.74) is -0.0259. The average Bonchev–Trinajstić information content (AvgIpc) is 2.89. The van der Waals surface area contributed by atoms with Crippen molar-refractivity contribution in [1.82, 2.24) is 4.90 Å². The highest BCUT2D eigenvalue weighted by Crippen LogP contribution is 2.30. The van der Waals surface area contributed by atoms with E-state index in [9.17, 15) is 14.7 Å². The number of benzene rings is 1. The molecule has 1 atom stereocenters. The van der Waals surface area contributed by atoms with Crippen LogP contribution >= 0.6 is 0 Å². The second kappa shape index (κ2) is 5.99. The number of hydrogen-bond donors (Lipinski definition) is 1. The van der Waals surface area contributed by atoms with Crippen molar-refractivity contribution in [3.8, 4) is 5.75 Å². The summed E-state index contributed by atoms with van der Waals surface area (Å²) < 4.78 is 5.21. The fourth-order valence-electron chi connectivity index (χ4n) is 2.39. The number of methoxy groups -OCH3 is 1. The van der Waals surface area contributed by atoms with Gasteiger partial charge in [0.05, 0.1) is 12.5 Å². The molecular formula is C16H19NO4. The Morgan fingerprint density at radius 1 is 1.38 bits per heavy atom. The van der Waals surface area contributed by atoms with Gasteiger partial charge >= 0.3 is 5.97 Å². The third-order valence-electron chi connectivity index (χ3n) is 3.85.